The quantitative estimate of drug-likeness (QED) is 0.571. The molecule has 1 aromatic rings. The maximum Gasteiger partial charge on any atom is 0.373 e. The van der Waals surface area contributed by atoms with Crippen LogP contribution in [-0.4, -0.2) is 23.4 Å². The number of carbonyl (C=O) groups is 2. The SMILES string of the molecule is COC(=O)c1ccc(COC(=O)C23C[C@@H]4C[C@@H](CC(Br)(C4)C2)C3)o1. The lowest BCUT2D eigenvalue weighted by molar-refractivity contribution is -0.171. The normalized spacial score (nSPS) is 36.6. The molecule has 1 heterocycles. The summed E-state index contributed by atoms with van der Waals surface area (Å²) in [6.45, 7) is 0.0577. The van der Waals surface area contributed by atoms with Crippen LogP contribution in [0.2, 0.25) is 0 Å². The number of furan rings is 1. The second kappa shape index (κ2) is 5.61. The minimum Gasteiger partial charge on any atom is -0.463 e. The summed E-state index contributed by atoms with van der Waals surface area (Å²) in [5.74, 6) is 1.20. The van der Waals surface area contributed by atoms with Crippen molar-refractivity contribution in [2.75, 3.05) is 7.11 Å². The van der Waals surface area contributed by atoms with Gasteiger partial charge in [0.15, 0.2) is 0 Å². The second-order valence-corrected chi connectivity index (χ2v) is 9.41. The Morgan fingerprint density at radius 3 is 2.58 bits per heavy atom. The molecule has 0 spiro atoms. The molecule has 0 amide bonds. The Hall–Kier alpha value is -1.30. The molecule has 4 saturated carbocycles. The van der Waals surface area contributed by atoms with Crippen LogP contribution in [0, 0.1) is 17.3 Å². The maximum absolute atomic E-state index is 12.8. The fourth-order valence-electron chi connectivity index (χ4n) is 5.35. The van der Waals surface area contributed by atoms with E-state index in [1.54, 1.807) is 6.07 Å². The second-order valence-electron chi connectivity index (χ2n) is 7.73. The molecule has 6 heteroatoms. The molecular weight excluding hydrogens is 376 g/mol. The van der Waals surface area contributed by atoms with Crippen molar-refractivity contribution in [1.29, 1.82) is 0 Å². The number of rotatable bonds is 4. The van der Waals surface area contributed by atoms with Gasteiger partial charge in [0.1, 0.15) is 12.4 Å². The van der Waals surface area contributed by atoms with Gasteiger partial charge in [-0.3, -0.25) is 4.79 Å². The predicted octanol–water partition coefficient (Wildman–Crippen LogP) is 3.84. The summed E-state index contributed by atoms with van der Waals surface area (Å²) < 4.78 is 15.7. The fourth-order valence-corrected chi connectivity index (χ4v) is 6.80. The van der Waals surface area contributed by atoms with Gasteiger partial charge >= 0.3 is 11.9 Å². The highest BCUT2D eigenvalue weighted by atomic mass is 79.9. The molecule has 4 fully saturated rings. The van der Waals surface area contributed by atoms with Gasteiger partial charge in [0.05, 0.1) is 12.5 Å². The highest BCUT2D eigenvalue weighted by molar-refractivity contribution is 9.10. The Bertz CT molecular complexity index is 665. The number of alkyl halides is 1. The van der Waals surface area contributed by atoms with E-state index in [4.69, 9.17) is 9.15 Å². The zero-order valence-corrected chi connectivity index (χ0v) is 15.3. The van der Waals surface area contributed by atoms with Crippen molar-refractivity contribution in [2.45, 2.75) is 49.5 Å². The van der Waals surface area contributed by atoms with Gasteiger partial charge in [-0.25, -0.2) is 4.79 Å². The number of hydrogen-bond donors (Lipinski definition) is 0. The van der Waals surface area contributed by atoms with E-state index in [2.05, 4.69) is 20.7 Å². The zero-order chi connectivity index (χ0) is 16.9. The van der Waals surface area contributed by atoms with Crippen LogP contribution in [0.15, 0.2) is 16.5 Å². The van der Waals surface area contributed by atoms with Gasteiger partial charge in [-0.15, -0.1) is 0 Å². The summed E-state index contributed by atoms with van der Waals surface area (Å²) in [4.78, 5) is 24.2. The molecule has 4 aliphatic carbocycles. The van der Waals surface area contributed by atoms with Crippen molar-refractivity contribution in [2.24, 2.45) is 17.3 Å². The van der Waals surface area contributed by atoms with Crippen molar-refractivity contribution in [3.05, 3.63) is 23.7 Å². The van der Waals surface area contributed by atoms with Crippen LogP contribution in [0.25, 0.3) is 0 Å². The molecule has 24 heavy (non-hydrogen) atoms. The maximum atomic E-state index is 12.8. The highest BCUT2D eigenvalue weighted by Gasteiger charge is 2.60. The van der Waals surface area contributed by atoms with Crippen LogP contribution in [0.3, 0.4) is 0 Å². The number of hydrogen-bond acceptors (Lipinski definition) is 5. The van der Waals surface area contributed by atoms with Crippen molar-refractivity contribution in [3.8, 4) is 0 Å². The van der Waals surface area contributed by atoms with Crippen molar-refractivity contribution in [3.63, 3.8) is 0 Å². The number of halogens is 1. The molecule has 0 aliphatic heterocycles. The first kappa shape index (κ1) is 16.2. The summed E-state index contributed by atoms with van der Waals surface area (Å²) in [6.07, 6.45) is 6.38. The smallest absolute Gasteiger partial charge is 0.373 e. The topological polar surface area (TPSA) is 65.7 Å². The molecule has 1 aromatic heterocycles. The molecule has 5 rings (SSSR count). The minimum absolute atomic E-state index is 0.0577. The zero-order valence-electron chi connectivity index (χ0n) is 13.7. The molecule has 4 bridgehead atoms. The standard InChI is InChI=1S/C18H21BrO5/c1-22-15(20)14-3-2-13(24-14)9-23-16(21)17-5-11-4-12(6-17)8-18(19,7-11)10-17/h2-3,11-12H,4-10H2,1H3/t11-,12+,17?,18?. The lowest BCUT2D eigenvalue weighted by Gasteiger charge is -2.58. The van der Waals surface area contributed by atoms with Crippen molar-refractivity contribution < 1.29 is 23.5 Å². The van der Waals surface area contributed by atoms with E-state index >= 15 is 0 Å². The van der Waals surface area contributed by atoms with E-state index in [9.17, 15) is 9.59 Å². The first-order valence-electron chi connectivity index (χ1n) is 8.45. The summed E-state index contributed by atoms with van der Waals surface area (Å²) in [6, 6.07) is 3.18. The molecule has 2 unspecified atom stereocenters. The summed E-state index contributed by atoms with van der Waals surface area (Å²) in [5, 5.41) is 0. The van der Waals surface area contributed by atoms with E-state index in [-0.39, 0.29) is 28.1 Å². The van der Waals surface area contributed by atoms with Crippen LogP contribution in [-0.2, 0) is 20.9 Å². The van der Waals surface area contributed by atoms with Crippen LogP contribution in [0.5, 0.6) is 0 Å². The molecule has 0 aromatic carbocycles. The van der Waals surface area contributed by atoms with Crippen molar-refractivity contribution >= 4 is 27.9 Å². The van der Waals surface area contributed by atoms with Gasteiger partial charge in [-0.2, -0.15) is 0 Å². The largest absolute Gasteiger partial charge is 0.463 e. The van der Waals surface area contributed by atoms with Gasteiger partial charge in [-0.1, -0.05) is 15.9 Å². The molecule has 0 N–H and O–H groups in total. The third-order valence-electron chi connectivity index (χ3n) is 5.82. The Morgan fingerprint density at radius 1 is 1.25 bits per heavy atom. The van der Waals surface area contributed by atoms with E-state index in [1.165, 1.54) is 32.4 Å². The van der Waals surface area contributed by atoms with Gasteiger partial charge in [0.2, 0.25) is 5.76 Å². The number of esters is 2. The van der Waals surface area contributed by atoms with E-state index in [0.717, 1.165) is 19.3 Å². The fraction of sp³-hybridized carbons (Fsp3) is 0.667. The Balaban J connectivity index is 1.43. The van der Waals surface area contributed by atoms with E-state index in [1.807, 2.05) is 0 Å². The van der Waals surface area contributed by atoms with Crippen LogP contribution in [0.4, 0.5) is 0 Å². The van der Waals surface area contributed by atoms with Crippen LogP contribution < -0.4 is 0 Å². The molecule has 130 valence electrons. The minimum atomic E-state index is -0.533. The average Bonchev–Trinajstić information content (AvgIpc) is 2.98. The Labute approximate surface area is 149 Å². The van der Waals surface area contributed by atoms with Crippen molar-refractivity contribution in [1.82, 2.24) is 0 Å². The lowest BCUT2D eigenvalue weighted by Crippen LogP contribution is -2.56. The molecule has 5 nitrogen and oxygen atoms in total. The van der Waals surface area contributed by atoms with Gasteiger partial charge in [-0.05, 0) is 62.5 Å². The number of carbonyl (C=O) groups excluding carboxylic acids is 2. The molecule has 4 aliphatic rings. The summed E-state index contributed by atoms with van der Waals surface area (Å²) in [7, 11) is 1.30. The monoisotopic (exact) mass is 396 g/mol. The Morgan fingerprint density at radius 2 is 1.96 bits per heavy atom. The van der Waals surface area contributed by atoms with E-state index in [0.29, 0.717) is 17.6 Å². The van der Waals surface area contributed by atoms with Gasteiger partial charge in [0, 0.05) is 4.32 Å². The molecular formula is C18H21BrO5. The van der Waals surface area contributed by atoms with Crippen LogP contribution >= 0.6 is 15.9 Å². The van der Waals surface area contributed by atoms with Gasteiger partial charge in [0.25, 0.3) is 0 Å². The number of methoxy groups -OCH3 is 1. The first-order valence-corrected chi connectivity index (χ1v) is 9.24. The summed E-state index contributed by atoms with van der Waals surface area (Å²) in [5.41, 5.74) is -0.342. The Kier molecular flexibility index (Phi) is 3.79. The first-order chi connectivity index (χ1) is 11.4. The third-order valence-corrected chi connectivity index (χ3v) is 6.74. The lowest BCUT2D eigenvalue weighted by atomic mass is 9.49. The molecule has 0 saturated heterocycles. The third kappa shape index (κ3) is 2.68. The van der Waals surface area contributed by atoms with E-state index < -0.39 is 5.97 Å². The summed E-state index contributed by atoms with van der Waals surface area (Å²) >= 11 is 3.91. The number of ether oxygens (including phenoxy) is 2. The highest BCUT2D eigenvalue weighted by Crippen LogP contribution is 2.64. The average molecular weight is 397 g/mol. The van der Waals surface area contributed by atoms with Gasteiger partial charge < -0.3 is 13.9 Å². The predicted molar refractivity (Wildman–Crippen MR) is 88.6 cm³/mol. The molecule has 4 atom stereocenters. The molecule has 0 radical (unpaired) electrons. The van der Waals surface area contributed by atoms with Crippen LogP contribution in [0.1, 0.15) is 54.8 Å².